The summed E-state index contributed by atoms with van der Waals surface area (Å²) in [6, 6.07) is 7.09. The molecule has 1 fully saturated rings. The molecule has 0 spiro atoms. The SMILES string of the molecule is C=CC(=O)Nc1cc(N/C(=C/C(=N)c2cc3cnn(C)c3cc2F)NN)c(OC)cc1N1C[C@@H](C)N(C)[C@@H](C)C1. The molecule has 0 saturated carbocycles. The lowest BCUT2D eigenvalue weighted by Gasteiger charge is -2.44. The Hall–Kier alpha value is -4.42. The summed E-state index contributed by atoms with van der Waals surface area (Å²) in [5, 5.41) is 19.4. The number of carbonyl (C=O) groups is 1. The van der Waals surface area contributed by atoms with Gasteiger partial charge in [0.2, 0.25) is 5.91 Å². The van der Waals surface area contributed by atoms with E-state index in [0.717, 1.165) is 18.8 Å². The van der Waals surface area contributed by atoms with Gasteiger partial charge in [0.05, 0.1) is 41.6 Å². The van der Waals surface area contributed by atoms with E-state index < -0.39 is 5.82 Å². The predicted molar refractivity (Wildman–Crippen MR) is 157 cm³/mol. The number of fused-ring (bicyclic) bond motifs is 1. The Labute approximate surface area is 232 Å². The van der Waals surface area contributed by atoms with Gasteiger partial charge >= 0.3 is 0 Å². The number of aromatic nitrogens is 2. The van der Waals surface area contributed by atoms with Gasteiger partial charge in [-0.3, -0.25) is 14.4 Å². The molecule has 12 heteroatoms. The zero-order valence-electron chi connectivity index (χ0n) is 23.4. The highest BCUT2D eigenvalue weighted by Crippen LogP contribution is 2.39. The second-order valence-corrected chi connectivity index (χ2v) is 9.93. The van der Waals surface area contributed by atoms with Crippen LogP contribution in [-0.4, -0.2) is 65.6 Å². The molecule has 0 unspecified atom stereocenters. The molecular formula is C28H36FN9O2. The first-order chi connectivity index (χ1) is 19.1. The fourth-order valence-electron chi connectivity index (χ4n) is 4.84. The summed E-state index contributed by atoms with van der Waals surface area (Å²) in [5.74, 6) is 5.57. The number of hydrogen-bond acceptors (Lipinski definition) is 9. The first-order valence-corrected chi connectivity index (χ1v) is 12.8. The van der Waals surface area contributed by atoms with Crippen LogP contribution in [0.3, 0.4) is 0 Å². The van der Waals surface area contributed by atoms with Gasteiger partial charge in [-0.05, 0) is 39.1 Å². The third-order valence-electron chi connectivity index (χ3n) is 7.30. The van der Waals surface area contributed by atoms with Crippen LogP contribution in [0.5, 0.6) is 5.75 Å². The molecule has 4 rings (SSSR count). The van der Waals surface area contributed by atoms with Crippen molar-refractivity contribution in [3.8, 4) is 5.75 Å². The zero-order valence-corrected chi connectivity index (χ0v) is 23.4. The maximum Gasteiger partial charge on any atom is 0.247 e. The molecule has 1 saturated heterocycles. The van der Waals surface area contributed by atoms with Crippen LogP contribution in [0.2, 0.25) is 0 Å². The number of nitrogens with one attached hydrogen (secondary N) is 4. The second kappa shape index (κ2) is 11.8. The van der Waals surface area contributed by atoms with Gasteiger partial charge in [-0.2, -0.15) is 5.10 Å². The van der Waals surface area contributed by atoms with Gasteiger partial charge in [0.1, 0.15) is 17.4 Å². The van der Waals surface area contributed by atoms with Gasteiger partial charge in [-0.15, -0.1) is 0 Å². The minimum absolute atomic E-state index is 0.0922. The molecule has 2 heterocycles. The van der Waals surface area contributed by atoms with Crippen LogP contribution in [0.4, 0.5) is 21.5 Å². The van der Waals surface area contributed by atoms with Gasteiger partial charge < -0.3 is 31.1 Å². The van der Waals surface area contributed by atoms with Gasteiger partial charge in [0.25, 0.3) is 0 Å². The minimum Gasteiger partial charge on any atom is -0.494 e. The Kier molecular flexibility index (Phi) is 8.40. The van der Waals surface area contributed by atoms with E-state index in [4.69, 9.17) is 16.0 Å². The minimum atomic E-state index is -0.555. The molecule has 40 heavy (non-hydrogen) atoms. The number of nitrogens with zero attached hydrogens (tertiary/aromatic N) is 4. The third-order valence-corrected chi connectivity index (χ3v) is 7.30. The molecule has 1 aliphatic rings. The summed E-state index contributed by atoms with van der Waals surface area (Å²) in [7, 11) is 5.37. The average molecular weight is 550 g/mol. The molecule has 0 bridgehead atoms. The first kappa shape index (κ1) is 28.6. The number of carbonyl (C=O) groups excluding carboxylic acids is 1. The molecule has 3 aromatic rings. The van der Waals surface area contributed by atoms with E-state index in [9.17, 15) is 9.18 Å². The maximum atomic E-state index is 14.9. The highest BCUT2D eigenvalue weighted by molar-refractivity contribution is 6.09. The molecule has 0 aliphatic carbocycles. The van der Waals surface area contributed by atoms with Crippen molar-refractivity contribution in [1.82, 2.24) is 20.1 Å². The van der Waals surface area contributed by atoms with Crippen LogP contribution < -0.4 is 31.5 Å². The molecule has 11 nitrogen and oxygen atoms in total. The summed E-state index contributed by atoms with van der Waals surface area (Å²) in [6.07, 6.45) is 4.20. The van der Waals surface area contributed by atoms with E-state index in [2.05, 4.69) is 58.4 Å². The largest absolute Gasteiger partial charge is 0.494 e. The van der Waals surface area contributed by atoms with E-state index in [1.165, 1.54) is 18.2 Å². The summed E-state index contributed by atoms with van der Waals surface area (Å²) in [6.45, 7) is 9.40. The Balaban J connectivity index is 1.69. The van der Waals surface area contributed by atoms with E-state index in [1.807, 2.05) is 6.07 Å². The van der Waals surface area contributed by atoms with Crippen LogP contribution in [0.1, 0.15) is 19.4 Å². The molecule has 0 radical (unpaired) electrons. The number of likely N-dealkylation sites (N-methyl/N-ethyl adjacent to an activating group) is 1. The molecule has 2 aromatic carbocycles. The smallest absolute Gasteiger partial charge is 0.247 e. The normalized spacial score (nSPS) is 18.0. The molecule has 1 aliphatic heterocycles. The molecule has 1 aromatic heterocycles. The van der Waals surface area contributed by atoms with Crippen LogP contribution in [0.15, 0.2) is 55.0 Å². The fourth-order valence-corrected chi connectivity index (χ4v) is 4.84. The summed E-state index contributed by atoms with van der Waals surface area (Å²) < 4.78 is 22.1. The first-order valence-electron chi connectivity index (χ1n) is 12.8. The molecule has 212 valence electrons. The van der Waals surface area contributed by atoms with E-state index in [-0.39, 0.29) is 23.0 Å². The number of piperazine rings is 1. The van der Waals surface area contributed by atoms with Gasteiger partial charge in [-0.1, -0.05) is 6.58 Å². The van der Waals surface area contributed by atoms with Crippen molar-refractivity contribution in [2.75, 3.05) is 42.8 Å². The Morgan fingerprint density at radius 1 is 1.18 bits per heavy atom. The quantitative estimate of drug-likeness (QED) is 0.119. The van der Waals surface area contributed by atoms with Crippen LogP contribution in [0.25, 0.3) is 10.9 Å². The standard InChI is InChI=1S/C28H36FN9O2/c1-7-28(39)34-22-11-23(26(40-6)12-25(22)38-14-16(2)36(4)17(3)15-38)33-27(35-31)10-21(30)19-8-18-13-32-37(5)24(18)9-20(19)29/h7-13,16-17,30,33,35H,1,14-15,31H2,2-6H3,(H,34,39)/b27-10-,30-21?/t16-,17+. The number of halogens is 1. The number of hydrogen-bond donors (Lipinski definition) is 5. The van der Waals surface area contributed by atoms with Crippen molar-refractivity contribution >= 4 is 39.6 Å². The lowest BCUT2D eigenvalue weighted by Crippen LogP contribution is -2.55. The van der Waals surface area contributed by atoms with E-state index in [1.54, 1.807) is 37.2 Å². The maximum absolute atomic E-state index is 14.9. The van der Waals surface area contributed by atoms with Crippen molar-refractivity contribution in [1.29, 1.82) is 5.41 Å². The van der Waals surface area contributed by atoms with Gasteiger partial charge in [-0.25, -0.2) is 10.2 Å². The van der Waals surface area contributed by atoms with Crippen LogP contribution in [-0.2, 0) is 11.8 Å². The number of hydrazine groups is 1. The van der Waals surface area contributed by atoms with Crippen LogP contribution in [0, 0.1) is 11.2 Å². The number of amides is 1. The lowest BCUT2D eigenvalue weighted by atomic mass is 10.1. The van der Waals surface area contributed by atoms with Gasteiger partial charge in [0.15, 0.2) is 0 Å². The summed E-state index contributed by atoms with van der Waals surface area (Å²) in [4.78, 5) is 16.9. The monoisotopic (exact) mass is 549 g/mol. The lowest BCUT2D eigenvalue weighted by molar-refractivity contribution is -0.111. The molecule has 1 amide bonds. The number of anilines is 3. The zero-order chi connectivity index (χ0) is 29.1. The number of nitrogens with two attached hydrogens (primary N) is 1. The van der Waals surface area contributed by atoms with Gasteiger partial charge in [0, 0.05) is 61.4 Å². The Morgan fingerprint density at radius 2 is 1.88 bits per heavy atom. The van der Waals surface area contributed by atoms with E-state index >= 15 is 0 Å². The van der Waals surface area contributed by atoms with Crippen molar-refractivity contribution in [3.05, 3.63) is 66.4 Å². The van der Waals surface area contributed by atoms with Crippen molar-refractivity contribution in [2.45, 2.75) is 25.9 Å². The van der Waals surface area contributed by atoms with E-state index in [0.29, 0.717) is 40.1 Å². The number of ether oxygens (including phenoxy) is 1. The fraction of sp³-hybridized carbons (Fsp3) is 0.321. The van der Waals surface area contributed by atoms with Crippen molar-refractivity contribution in [3.63, 3.8) is 0 Å². The Morgan fingerprint density at radius 3 is 2.50 bits per heavy atom. The van der Waals surface area contributed by atoms with Crippen LogP contribution >= 0.6 is 0 Å². The number of benzene rings is 2. The molecular weight excluding hydrogens is 513 g/mol. The number of allylic oxidation sites excluding steroid dienone is 1. The third kappa shape index (κ3) is 5.77. The van der Waals surface area contributed by atoms with Crippen molar-refractivity contribution < 1.29 is 13.9 Å². The highest BCUT2D eigenvalue weighted by atomic mass is 19.1. The summed E-state index contributed by atoms with van der Waals surface area (Å²) >= 11 is 0. The highest BCUT2D eigenvalue weighted by Gasteiger charge is 2.29. The summed E-state index contributed by atoms with van der Waals surface area (Å²) in [5.41, 5.74) is 4.95. The number of rotatable bonds is 9. The molecule has 2 atom stereocenters. The topological polar surface area (TPSA) is 137 Å². The molecule has 6 N–H and O–H groups in total. The number of aryl methyl sites for hydroxylation is 1. The second-order valence-electron chi connectivity index (χ2n) is 9.93. The Bertz CT molecular complexity index is 1470. The average Bonchev–Trinajstić information content (AvgIpc) is 3.29. The predicted octanol–water partition coefficient (Wildman–Crippen LogP) is 3.16. The number of methoxy groups -OCH3 is 1. The van der Waals surface area contributed by atoms with Crippen molar-refractivity contribution in [2.24, 2.45) is 12.9 Å².